The van der Waals surface area contributed by atoms with Crippen molar-refractivity contribution in [2.75, 3.05) is 11.9 Å². The topological polar surface area (TPSA) is 279 Å². The van der Waals surface area contributed by atoms with Gasteiger partial charge in [-0.3, -0.25) is 30.0 Å². The molecule has 0 aliphatic heterocycles. The lowest BCUT2D eigenvalue weighted by Gasteiger charge is -2.24. The summed E-state index contributed by atoms with van der Waals surface area (Å²) in [5.74, 6) is -7.03. The number of nitrogen functional groups attached to an aromatic ring is 1. The maximum atomic E-state index is 13.8. The number of hydrogen-bond donors (Lipinski definition) is 10. The van der Waals surface area contributed by atoms with Crippen LogP contribution in [0.15, 0.2) is 84.9 Å². The number of carboxylic acid groups (broad SMARTS) is 1. The second-order valence-electron chi connectivity index (χ2n) is 11.2. The number of nitrogens with two attached hydrogens (primary N) is 3. The van der Waals surface area contributed by atoms with Gasteiger partial charge in [0.2, 0.25) is 23.6 Å². The normalized spacial score (nSPS) is 12.4. The molecule has 0 fully saturated rings. The van der Waals surface area contributed by atoms with Crippen LogP contribution in [0.3, 0.4) is 0 Å². The van der Waals surface area contributed by atoms with Crippen molar-refractivity contribution in [3.63, 3.8) is 0 Å². The predicted molar refractivity (Wildman–Crippen MR) is 186 cm³/mol. The van der Waals surface area contributed by atoms with Gasteiger partial charge in [-0.05, 0) is 42.5 Å². The van der Waals surface area contributed by atoms with E-state index in [1.165, 1.54) is 0 Å². The fraction of sp³-hybridized carbons (Fsp3) is 0.265. The lowest BCUT2D eigenvalue weighted by Crippen LogP contribution is -2.55. The summed E-state index contributed by atoms with van der Waals surface area (Å²) in [5, 5.41) is 32.8. The molecule has 0 bridgehead atoms. The zero-order valence-electron chi connectivity index (χ0n) is 27.7. The Kier molecular flexibility index (Phi) is 16.3. The molecule has 0 aromatic heterocycles. The van der Waals surface area contributed by atoms with Crippen LogP contribution in [0.4, 0.5) is 18.9 Å². The molecule has 1 unspecified atom stereocenters. The van der Waals surface area contributed by atoms with Gasteiger partial charge in [-0.25, -0.2) is 4.79 Å². The Bertz CT molecular complexity index is 1690. The molecule has 52 heavy (non-hydrogen) atoms. The van der Waals surface area contributed by atoms with Gasteiger partial charge in [0.05, 0.1) is 0 Å². The minimum Gasteiger partial charge on any atom is -0.475 e. The Hall–Kier alpha value is -6.46. The lowest BCUT2D eigenvalue weighted by atomic mass is 9.95. The second-order valence-corrected chi connectivity index (χ2v) is 11.2. The van der Waals surface area contributed by atoms with Crippen LogP contribution in [0.2, 0.25) is 0 Å². The second kappa shape index (κ2) is 20.3. The summed E-state index contributed by atoms with van der Waals surface area (Å²) < 4.78 is 31.7. The van der Waals surface area contributed by atoms with E-state index in [0.717, 1.165) is 5.56 Å². The summed E-state index contributed by atoms with van der Waals surface area (Å²) in [6.45, 7) is 0.296. The van der Waals surface area contributed by atoms with Crippen molar-refractivity contribution in [2.45, 2.75) is 43.9 Å². The molecule has 15 nitrogen and oxygen atoms in total. The van der Waals surface area contributed by atoms with Crippen molar-refractivity contribution in [2.24, 2.45) is 23.1 Å². The monoisotopic (exact) mass is 727 g/mol. The molecule has 3 atom stereocenters. The van der Waals surface area contributed by atoms with Crippen molar-refractivity contribution in [3.05, 3.63) is 102 Å². The Balaban J connectivity index is 0.00000121. The SMILES string of the molecule is N=C(N)NCCC[C@H](NC(=O)[C@H](Cc1ccccc1)NC(=O)C(Cc1ccc(C(=N)N)cc1)C(=O)Nc1ccccc1)C(N)=O.O=C(O)C(F)(F)F. The average molecular weight is 728 g/mol. The molecular formula is C34H40F3N9O6. The molecule has 0 saturated heterocycles. The summed E-state index contributed by atoms with van der Waals surface area (Å²) in [7, 11) is 0. The predicted octanol–water partition coefficient (Wildman–Crippen LogP) is 1.36. The third kappa shape index (κ3) is 15.0. The third-order valence-corrected chi connectivity index (χ3v) is 7.18. The minimum absolute atomic E-state index is 0.00454. The fourth-order valence-electron chi connectivity index (χ4n) is 4.53. The first-order valence-electron chi connectivity index (χ1n) is 15.6. The van der Waals surface area contributed by atoms with Gasteiger partial charge >= 0.3 is 12.1 Å². The number of guanidine groups is 1. The highest BCUT2D eigenvalue weighted by Crippen LogP contribution is 2.16. The van der Waals surface area contributed by atoms with Crippen LogP contribution in [0.5, 0.6) is 0 Å². The molecule has 0 radical (unpaired) electrons. The van der Waals surface area contributed by atoms with E-state index < -0.39 is 53.8 Å². The number of carbonyl (C=O) groups excluding carboxylic acids is 4. The number of hydrogen-bond acceptors (Lipinski definition) is 7. The van der Waals surface area contributed by atoms with E-state index in [0.29, 0.717) is 29.8 Å². The van der Waals surface area contributed by atoms with Crippen LogP contribution < -0.4 is 38.5 Å². The number of benzene rings is 3. The molecule has 0 spiro atoms. The van der Waals surface area contributed by atoms with Crippen LogP contribution >= 0.6 is 0 Å². The summed E-state index contributed by atoms with van der Waals surface area (Å²) in [6, 6.07) is 22.1. The molecule has 18 heteroatoms. The number of aliphatic carboxylic acids is 1. The van der Waals surface area contributed by atoms with E-state index in [1.807, 2.05) is 6.07 Å². The van der Waals surface area contributed by atoms with E-state index in [2.05, 4.69) is 21.3 Å². The van der Waals surface area contributed by atoms with E-state index in [9.17, 15) is 32.3 Å². The van der Waals surface area contributed by atoms with E-state index in [-0.39, 0.29) is 31.1 Å². The number of nitrogens with one attached hydrogen (secondary N) is 6. The number of carbonyl (C=O) groups is 5. The number of halogens is 3. The number of alkyl halides is 3. The number of para-hydroxylation sites is 1. The molecule has 0 saturated carbocycles. The Morgan fingerprint density at radius 1 is 0.712 bits per heavy atom. The molecular weight excluding hydrogens is 687 g/mol. The number of primary amides is 1. The van der Waals surface area contributed by atoms with Crippen molar-refractivity contribution in [1.29, 1.82) is 10.8 Å². The van der Waals surface area contributed by atoms with Crippen LogP contribution in [-0.2, 0) is 36.8 Å². The number of amides is 4. The van der Waals surface area contributed by atoms with Gasteiger partial charge in [-0.15, -0.1) is 0 Å². The van der Waals surface area contributed by atoms with Crippen molar-refractivity contribution < 1.29 is 42.3 Å². The molecule has 3 aromatic rings. The standard InChI is InChI=1S/C32H39N9O4.C2HF3O2/c33-27(34)22-15-13-21(14-16-22)18-24(29(43)39-23-10-5-2-6-11-23)30(44)41-26(19-20-8-3-1-4-9-20)31(45)40-25(28(35)42)12-7-17-38-32(36)37;3-2(4,5)1(6)7/h1-6,8-11,13-16,24-26H,7,12,17-19H2,(H3,33,34)(H2,35,42)(H,39,43)(H,40,45)(H,41,44)(H4,36,37,38);(H,6,7)/t24?,25-,26-;/m0./s1. The Morgan fingerprint density at radius 2 is 1.23 bits per heavy atom. The minimum atomic E-state index is -5.08. The molecule has 3 aromatic carbocycles. The van der Waals surface area contributed by atoms with E-state index in [4.69, 9.17) is 37.9 Å². The third-order valence-electron chi connectivity index (χ3n) is 7.18. The van der Waals surface area contributed by atoms with Crippen molar-refractivity contribution >= 4 is 47.1 Å². The van der Waals surface area contributed by atoms with Gasteiger partial charge < -0.3 is 43.6 Å². The quantitative estimate of drug-likeness (QED) is 0.0441. The fourth-order valence-corrected chi connectivity index (χ4v) is 4.53. The van der Waals surface area contributed by atoms with Gasteiger partial charge in [0.15, 0.2) is 5.96 Å². The number of amidine groups is 1. The van der Waals surface area contributed by atoms with Crippen LogP contribution in [-0.4, -0.2) is 71.3 Å². The molecule has 3 rings (SSSR count). The molecule has 4 amide bonds. The number of carboxylic acids is 1. The smallest absolute Gasteiger partial charge is 0.475 e. The highest BCUT2D eigenvalue weighted by Gasteiger charge is 2.38. The van der Waals surface area contributed by atoms with Gasteiger partial charge in [-0.2, -0.15) is 13.2 Å². The number of anilines is 1. The van der Waals surface area contributed by atoms with Gasteiger partial charge in [-0.1, -0.05) is 72.8 Å². The van der Waals surface area contributed by atoms with Gasteiger partial charge in [0.1, 0.15) is 23.8 Å². The summed E-state index contributed by atoms with van der Waals surface area (Å²) in [4.78, 5) is 61.9. The lowest BCUT2D eigenvalue weighted by molar-refractivity contribution is -0.192. The van der Waals surface area contributed by atoms with Crippen molar-refractivity contribution in [1.82, 2.24) is 16.0 Å². The Labute approximate surface area is 296 Å². The van der Waals surface area contributed by atoms with Gasteiger partial charge in [0.25, 0.3) is 0 Å². The summed E-state index contributed by atoms with van der Waals surface area (Å²) in [5.41, 5.74) is 18.8. The van der Waals surface area contributed by atoms with Crippen molar-refractivity contribution in [3.8, 4) is 0 Å². The highest BCUT2D eigenvalue weighted by molar-refractivity contribution is 6.07. The maximum Gasteiger partial charge on any atom is 0.490 e. The van der Waals surface area contributed by atoms with Gasteiger partial charge in [0, 0.05) is 24.2 Å². The Morgan fingerprint density at radius 3 is 1.73 bits per heavy atom. The van der Waals surface area contributed by atoms with Crippen LogP contribution in [0, 0.1) is 16.7 Å². The molecule has 278 valence electrons. The van der Waals surface area contributed by atoms with Crippen LogP contribution in [0.25, 0.3) is 0 Å². The first kappa shape index (κ1) is 41.7. The average Bonchev–Trinajstić information content (AvgIpc) is 3.08. The zero-order chi connectivity index (χ0) is 38.8. The summed E-state index contributed by atoms with van der Waals surface area (Å²) >= 11 is 0. The first-order valence-corrected chi connectivity index (χ1v) is 15.6. The number of rotatable bonds is 16. The summed E-state index contributed by atoms with van der Waals surface area (Å²) in [6.07, 6.45) is -4.45. The molecule has 0 aliphatic rings. The molecule has 13 N–H and O–H groups in total. The highest BCUT2D eigenvalue weighted by atomic mass is 19.4. The maximum absolute atomic E-state index is 13.8. The zero-order valence-corrected chi connectivity index (χ0v) is 27.7. The van der Waals surface area contributed by atoms with E-state index in [1.54, 1.807) is 78.9 Å². The largest absolute Gasteiger partial charge is 0.490 e. The molecule has 0 aliphatic carbocycles. The first-order chi connectivity index (χ1) is 24.5. The molecule has 0 heterocycles. The van der Waals surface area contributed by atoms with E-state index >= 15 is 0 Å². The van der Waals surface area contributed by atoms with Crippen LogP contribution in [0.1, 0.15) is 29.5 Å².